The van der Waals surface area contributed by atoms with Crippen LogP contribution in [0.3, 0.4) is 0 Å². The van der Waals surface area contributed by atoms with Gasteiger partial charge >= 0.3 is 5.97 Å². The molecular weight excluding hydrogens is 915 g/mol. The summed E-state index contributed by atoms with van der Waals surface area (Å²) in [6.07, 6.45) is -1.15. The second-order valence-electron chi connectivity index (χ2n) is 18.6. The molecule has 69 heavy (non-hydrogen) atoms. The van der Waals surface area contributed by atoms with Crippen molar-refractivity contribution in [3.05, 3.63) is 122 Å². The van der Waals surface area contributed by atoms with Crippen LogP contribution in [0.5, 0.6) is 5.75 Å². The minimum atomic E-state index is -1.08. The monoisotopic (exact) mass is 967 g/mol. The molecule has 5 atom stereocenters. The molecule has 0 bridgehead atoms. The third-order valence-electron chi connectivity index (χ3n) is 12.6. The van der Waals surface area contributed by atoms with Crippen LogP contribution in [0.15, 0.2) is 77.2 Å². The van der Waals surface area contributed by atoms with E-state index in [0.717, 1.165) is 53.8 Å². The molecule has 2 aliphatic rings. The maximum atomic E-state index is 14.3. The number of carboxylic acids is 1. The van der Waals surface area contributed by atoms with Crippen molar-refractivity contribution in [2.24, 2.45) is 10.4 Å². The number of nitrogens with one attached hydrogen (secondary N) is 2. The molecule has 1 fully saturated rings. The first-order valence-corrected chi connectivity index (χ1v) is 24.2. The number of nitriles is 1. The first-order valence-electron chi connectivity index (χ1n) is 22.5. The number of amides is 3. The number of aromatic nitrogens is 4. The number of aliphatic hydroxyl groups is 1. The van der Waals surface area contributed by atoms with E-state index in [0.29, 0.717) is 22.9 Å². The molecule has 356 valence electrons. The van der Waals surface area contributed by atoms with Crippen LogP contribution in [0.4, 0.5) is 0 Å². The van der Waals surface area contributed by atoms with Gasteiger partial charge < -0.3 is 30.5 Å². The number of carbonyl (C=O) groups excluding carboxylic acids is 3. The number of benzene rings is 3. The van der Waals surface area contributed by atoms with Gasteiger partial charge in [-0.25, -0.2) is 4.98 Å². The van der Waals surface area contributed by atoms with Crippen LogP contribution in [0, 0.1) is 44.4 Å². The molecule has 3 aromatic carbocycles. The summed E-state index contributed by atoms with van der Waals surface area (Å²) in [5.74, 6) is -1.25. The Kier molecular flexibility index (Phi) is 13.7. The Labute approximate surface area is 407 Å². The number of carbonyl (C=O) groups is 4. The summed E-state index contributed by atoms with van der Waals surface area (Å²) in [4.78, 5) is 66.4. The highest BCUT2D eigenvalue weighted by molar-refractivity contribution is 7.15. The largest absolute Gasteiger partial charge is 0.482 e. The van der Waals surface area contributed by atoms with Gasteiger partial charge in [0.2, 0.25) is 11.8 Å². The van der Waals surface area contributed by atoms with Crippen molar-refractivity contribution in [3.8, 4) is 38.4 Å². The van der Waals surface area contributed by atoms with E-state index in [1.807, 2.05) is 87.7 Å². The van der Waals surface area contributed by atoms with Crippen LogP contribution < -0.4 is 15.4 Å². The number of aliphatic carboxylic acids is 1. The average molecular weight is 968 g/mol. The first kappa shape index (κ1) is 48.4. The van der Waals surface area contributed by atoms with Gasteiger partial charge in [-0.1, -0.05) is 75.4 Å². The molecule has 1 saturated heterocycles. The summed E-state index contributed by atoms with van der Waals surface area (Å²) in [6, 6.07) is 19.5. The fourth-order valence-electron chi connectivity index (χ4n) is 8.79. The van der Waals surface area contributed by atoms with Gasteiger partial charge in [-0.3, -0.25) is 28.7 Å². The normalized spacial score (nSPS) is 17.4. The third-order valence-corrected chi connectivity index (χ3v) is 14.8. The molecule has 0 aliphatic carbocycles. The van der Waals surface area contributed by atoms with Gasteiger partial charge in [0.05, 0.1) is 45.9 Å². The van der Waals surface area contributed by atoms with Crippen molar-refractivity contribution >= 4 is 52.1 Å². The number of aliphatic imine (C=N–C) groups is 1. The third kappa shape index (κ3) is 9.94. The first-order chi connectivity index (χ1) is 32.8. The zero-order valence-electron chi connectivity index (χ0n) is 39.5. The van der Waals surface area contributed by atoms with Crippen molar-refractivity contribution < 1.29 is 34.1 Å². The molecule has 0 saturated carbocycles. The van der Waals surface area contributed by atoms with E-state index in [2.05, 4.69) is 31.9 Å². The van der Waals surface area contributed by atoms with E-state index < -0.39 is 59.9 Å². The van der Waals surface area contributed by atoms with E-state index in [9.17, 15) is 34.7 Å². The highest BCUT2D eigenvalue weighted by Gasteiger charge is 2.45. The van der Waals surface area contributed by atoms with Crippen LogP contribution in [-0.2, 0) is 19.2 Å². The average Bonchev–Trinajstić information content (AvgIpc) is 4.09. The Balaban J connectivity index is 0.933. The maximum Gasteiger partial charge on any atom is 0.306 e. The smallest absolute Gasteiger partial charge is 0.306 e. The molecule has 1 unspecified atom stereocenters. The summed E-state index contributed by atoms with van der Waals surface area (Å²) in [5, 5.41) is 46.0. The molecular formula is C51H53N9O7S2. The van der Waals surface area contributed by atoms with E-state index in [1.54, 1.807) is 67.2 Å². The Morgan fingerprint density at radius 1 is 0.942 bits per heavy atom. The number of fused-ring (bicyclic) bond motifs is 3. The van der Waals surface area contributed by atoms with Crippen LogP contribution in [-0.4, -0.2) is 95.6 Å². The second kappa shape index (κ2) is 19.5. The van der Waals surface area contributed by atoms with E-state index in [1.165, 1.54) is 4.90 Å². The van der Waals surface area contributed by atoms with Crippen molar-refractivity contribution in [3.63, 3.8) is 0 Å². The number of thiophene rings is 1. The molecule has 5 heterocycles. The lowest BCUT2D eigenvalue weighted by molar-refractivity contribution is -0.144. The minimum Gasteiger partial charge on any atom is -0.482 e. The van der Waals surface area contributed by atoms with Gasteiger partial charge in [-0.05, 0) is 80.0 Å². The second-order valence-corrected chi connectivity index (χ2v) is 20.6. The summed E-state index contributed by atoms with van der Waals surface area (Å²) < 4.78 is 7.79. The molecule has 2 aliphatic heterocycles. The van der Waals surface area contributed by atoms with Gasteiger partial charge in [-0.15, -0.1) is 32.9 Å². The van der Waals surface area contributed by atoms with Crippen molar-refractivity contribution in [2.45, 2.75) is 98.5 Å². The van der Waals surface area contributed by atoms with Gasteiger partial charge in [0.1, 0.15) is 40.8 Å². The fraction of sp³-hybridized carbons (Fsp3) is 0.353. The Hall–Kier alpha value is -7.07. The molecule has 0 spiro atoms. The lowest BCUT2D eigenvalue weighted by atomic mass is 9.85. The van der Waals surface area contributed by atoms with Gasteiger partial charge in [0.15, 0.2) is 12.4 Å². The quantitative estimate of drug-likeness (QED) is 0.0896. The van der Waals surface area contributed by atoms with Crippen LogP contribution in [0.1, 0.15) is 103 Å². The summed E-state index contributed by atoms with van der Waals surface area (Å²) >= 11 is 3.14. The number of β-amino-alcohol motifs (C(OH)–C–C–N with tert-alkyl or cyclic N) is 1. The Morgan fingerprint density at radius 3 is 2.28 bits per heavy atom. The number of hydrogen-bond donors (Lipinski definition) is 4. The molecule has 4 N–H and O–H groups in total. The lowest BCUT2D eigenvalue weighted by Gasteiger charge is -2.35. The summed E-state index contributed by atoms with van der Waals surface area (Å²) in [5.41, 5.74) is 8.90. The maximum absolute atomic E-state index is 14.3. The standard InChI is InChI=1S/C51H53N9O7S2/c1-26-29(4)69-50-43(26)44(55-38(21-42(63)64)47-58-57-30(5)60(47)50)33-13-11-32(12-14-33)35-17-18-40(36(19-35)22-52)67-24-41(62)56-46(51(6,7)8)49(66)59-23-37(61)20-39(59)48(65)54-27(2)31-9-15-34(16-10-31)45-28(3)53-25-68-45/h9-19,25,27,37-39,46,61H,20-21,23-24H2,1-8H3,(H,54,65)(H,56,62)(H,63,64)/t27-,37+,38?,39-,46+/m0/s1. The Bertz CT molecular complexity index is 3030. The molecule has 6 aromatic rings. The number of nitrogens with zero attached hydrogens (tertiary/aromatic N) is 7. The highest BCUT2D eigenvalue weighted by Crippen LogP contribution is 2.40. The number of likely N-dealkylation sites (tertiary alicyclic amines) is 1. The molecule has 0 radical (unpaired) electrons. The molecule has 8 rings (SSSR count). The Morgan fingerprint density at radius 2 is 1.62 bits per heavy atom. The van der Waals surface area contributed by atoms with Gasteiger partial charge in [0.25, 0.3) is 5.91 Å². The van der Waals surface area contributed by atoms with E-state index in [4.69, 9.17) is 9.73 Å². The predicted molar refractivity (Wildman–Crippen MR) is 263 cm³/mol. The highest BCUT2D eigenvalue weighted by atomic mass is 32.1. The van der Waals surface area contributed by atoms with Crippen molar-refractivity contribution in [1.29, 1.82) is 5.26 Å². The van der Waals surface area contributed by atoms with E-state index in [-0.39, 0.29) is 36.7 Å². The van der Waals surface area contributed by atoms with E-state index >= 15 is 0 Å². The number of ether oxygens (including phenoxy) is 1. The number of aryl methyl sites for hydroxylation is 3. The minimum absolute atomic E-state index is 0.0454. The fourth-order valence-corrected chi connectivity index (χ4v) is 10.8. The van der Waals surface area contributed by atoms with Crippen LogP contribution in [0.2, 0.25) is 0 Å². The number of aliphatic hydroxyl groups excluding tert-OH is 1. The molecule has 16 nitrogen and oxygen atoms in total. The number of carboxylic acid groups (broad SMARTS) is 1. The topological polar surface area (TPSA) is 225 Å². The van der Waals surface area contributed by atoms with Crippen molar-refractivity contribution in [2.75, 3.05) is 13.2 Å². The van der Waals surface area contributed by atoms with Crippen molar-refractivity contribution in [1.82, 2.24) is 35.3 Å². The van der Waals surface area contributed by atoms with Crippen LogP contribution in [0.25, 0.3) is 26.6 Å². The van der Waals surface area contributed by atoms with Crippen LogP contribution >= 0.6 is 22.7 Å². The van der Waals surface area contributed by atoms with Gasteiger partial charge in [0, 0.05) is 29.0 Å². The predicted octanol–water partition coefficient (Wildman–Crippen LogP) is 7.34. The lowest BCUT2D eigenvalue weighted by Crippen LogP contribution is -2.58. The SMILES string of the molecule is Cc1ncsc1-c1ccc([C@H](C)NC(=O)[C@@H]2C[C@@H](O)CN2C(=O)[C@@H](NC(=O)COc2ccc(-c3ccc(C4=NC(CC(=O)O)c5nnc(C)n5-c5sc(C)c(C)c54)cc3)cc2C#N)C(C)(C)C)cc1. The zero-order valence-corrected chi connectivity index (χ0v) is 41.2. The van der Waals surface area contributed by atoms with Gasteiger partial charge in [-0.2, -0.15) is 5.26 Å². The zero-order chi connectivity index (χ0) is 49.5. The number of thiazole rings is 1. The molecule has 3 aromatic heterocycles. The summed E-state index contributed by atoms with van der Waals surface area (Å²) in [7, 11) is 0. The summed E-state index contributed by atoms with van der Waals surface area (Å²) in [6.45, 7) is 14.5. The molecule has 18 heteroatoms. The number of hydrogen-bond acceptors (Lipinski definition) is 13. The molecule has 3 amide bonds. The number of rotatable bonds is 13.